The van der Waals surface area contributed by atoms with Gasteiger partial charge in [0, 0.05) is 23.4 Å². The average Bonchev–Trinajstić information content (AvgIpc) is 2.19. The zero-order valence-electron chi connectivity index (χ0n) is 7.09. The van der Waals surface area contributed by atoms with E-state index in [4.69, 9.17) is 0 Å². The standard InChI is InChI=1S/C9H6BrN3S/c10-8-5-9(13-6-12-8)14-7-1-3-11-4-2-7/h1-6H. The van der Waals surface area contributed by atoms with Gasteiger partial charge < -0.3 is 0 Å². The van der Waals surface area contributed by atoms with E-state index in [0.29, 0.717) is 0 Å². The van der Waals surface area contributed by atoms with E-state index < -0.39 is 0 Å². The van der Waals surface area contributed by atoms with Crippen molar-refractivity contribution in [3.05, 3.63) is 41.5 Å². The number of rotatable bonds is 2. The van der Waals surface area contributed by atoms with E-state index in [1.54, 1.807) is 24.2 Å². The van der Waals surface area contributed by atoms with Crippen molar-refractivity contribution in [3.63, 3.8) is 0 Å². The number of nitrogens with zero attached hydrogens (tertiary/aromatic N) is 3. The average molecular weight is 268 g/mol. The maximum Gasteiger partial charge on any atom is 0.118 e. The highest BCUT2D eigenvalue weighted by Crippen LogP contribution is 2.25. The molecular weight excluding hydrogens is 262 g/mol. The Bertz CT molecular complexity index is 421. The van der Waals surface area contributed by atoms with E-state index >= 15 is 0 Å². The van der Waals surface area contributed by atoms with Crippen LogP contribution in [0.2, 0.25) is 0 Å². The predicted octanol–water partition coefficient (Wildman–Crippen LogP) is 2.79. The van der Waals surface area contributed by atoms with Gasteiger partial charge in [0.1, 0.15) is 16.0 Å². The van der Waals surface area contributed by atoms with Crippen LogP contribution < -0.4 is 0 Å². The Balaban J connectivity index is 2.19. The lowest BCUT2D eigenvalue weighted by molar-refractivity contribution is 1.03. The number of pyridine rings is 1. The van der Waals surface area contributed by atoms with Gasteiger partial charge in [-0.05, 0) is 28.1 Å². The first-order chi connectivity index (χ1) is 6.84. The Labute approximate surface area is 94.1 Å². The lowest BCUT2D eigenvalue weighted by atomic mass is 10.5. The first-order valence-electron chi connectivity index (χ1n) is 3.90. The van der Waals surface area contributed by atoms with Crippen LogP contribution in [0.5, 0.6) is 0 Å². The lowest BCUT2D eigenvalue weighted by Gasteiger charge is -1.99. The van der Waals surface area contributed by atoms with Crippen LogP contribution in [0.1, 0.15) is 0 Å². The third-order valence-electron chi connectivity index (χ3n) is 1.48. The van der Waals surface area contributed by atoms with Gasteiger partial charge in [0.2, 0.25) is 0 Å². The summed E-state index contributed by atoms with van der Waals surface area (Å²) in [6, 6.07) is 5.77. The largest absolute Gasteiger partial charge is 0.265 e. The minimum absolute atomic E-state index is 0.795. The van der Waals surface area contributed by atoms with E-state index in [2.05, 4.69) is 30.9 Å². The Kier molecular flexibility index (Phi) is 3.10. The summed E-state index contributed by atoms with van der Waals surface area (Å²) in [5.74, 6) is 0. The molecule has 0 saturated carbocycles. The first kappa shape index (κ1) is 9.61. The molecule has 0 aliphatic heterocycles. The van der Waals surface area contributed by atoms with E-state index in [0.717, 1.165) is 14.5 Å². The van der Waals surface area contributed by atoms with Gasteiger partial charge >= 0.3 is 0 Å². The minimum Gasteiger partial charge on any atom is -0.265 e. The summed E-state index contributed by atoms with van der Waals surface area (Å²) in [6.07, 6.45) is 5.06. The molecule has 3 nitrogen and oxygen atoms in total. The number of halogens is 1. The molecule has 0 aliphatic carbocycles. The molecule has 0 radical (unpaired) electrons. The predicted molar refractivity (Wildman–Crippen MR) is 58.1 cm³/mol. The summed E-state index contributed by atoms with van der Waals surface area (Å²) in [5.41, 5.74) is 0. The second-order valence-electron chi connectivity index (χ2n) is 2.46. The summed E-state index contributed by atoms with van der Waals surface area (Å²) >= 11 is 4.88. The van der Waals surface area contributed by atoms with Gasteiger partial charge in [-0.1, -0.05) is 11.8 Å². The van der Waals surface area contributed by atoms with Gasteiger partial charge in [-0.2, -0.15) is 0 Å². The van der Waals surface area contributed by atoms with Crippen LogP contribution in [-0.4, -0.2) is 15.0 Å². The molecule has 0 unspecified atom stereocenters. The van der Waals surface area contributed by atoms with Crippen LogP contribution in [0, 0.1) is 0 Å². The van der Waals surface area contributed by atoms with Crippen LogP contribution in [0.25, 0.3) is 0 Å². The Morgan fingerprint density at radius 1 is 1.14 bits per heavy atom. The monoisotopic (exact) mass is 267 g/mol. The van der Waals surface area contributed by atoms with Gasteiger partial charge in [-0.15, -0.1) is 0 Å². The van der Waals surface area contributed by atoms with Crippen molar-refractivity contribution in [2.75, 3.05) is 0 Å². The maximum atomic E-state index is 4.14. The smallest absolute Gasteiger partial charge is 0.118 e. The van der Waals surface area contributed by atoms with Crippen LogP contribution >= 0.6 is 27.7 Å². The number of hydrogen-bond donors (Lipinski definition) is 0. The molecule has 0 amide bonds. The molecule has 5 heteroatoms. The van der Waals surface area contributed by atoms with Crippen molar-refractivity contribution in [1.29, 1.82) is 0 Å². The van der Waals surface area contributed by atoms with E-state index in [-0.39, 0.29) is 0 Å². The van der Waals surface area contributed by atoms with Crippen LogP contribution in [-0.2, 0) is 0 Å². The first-order valence-corrected chi connectivity index (χ1v) is 5.51. The SMILES string of the molecule is Brc1cc(Sc2ccncc2)ncn1. The summed E-state index contributed by atoms with van der Waals surface area (Å²) in [4.78, 5) is 13.2. The quantitative estimate of drug-likeness (QED) is 0.785. The van der Waals surface area contributed by atoms with E-state index in [1.807, 2.05) is 18.2 Å². The molecule has 0 fully saturated rings. The molecule has 0 saturated heterocycles. The third-order valence-corrected chi connectivity index (χ3v) is 2.85. The number of hydrogen-bond acceptors (Lipinski definition) is 4. The molecule has 0 bridgehead atoms. The van der Waals surface area contributed by atoms with Crippen molar-refractivity contribution >= 4 is 27.7 Å². The van der Waals surface area contributed by atoms with Gasteiger partial charge in [-0.3, -0.25) is 4.98 Å². The Morgan fingerprint density at radius 2 is 1.93 bits per heavy atom. The summed E-state index contributed by atoms with van der Waals surface area (Å²) in [7, 11) is 0. The molecule has 0 N–H and O–H groups in total. The lowest BCUT2D eigenvalue weighted by Crippen LogP contribution is -1.82. The fourth-order valence-corrected chi connectivity index (χ4v) is 2.13. The van der Waals surface area contributed by atoms with Crippen molar-refractivity contribution in [2.24, 2.45) is 0 Å². The fourth-order valence-electron chi connectivity index (χ4n) is 0.900. The van der Waals surface area contributed by atoms with Crippen molar-refractivity contribution in [3.8, 4) is 0 Å². The zero-order chi connectivity index (χ0) is 9.80. The van der Waals surface area contributed by atoms with Crippen LogP contribution in [0.4, 0.5) is 0 Å². The van der Waals surface area contributed by atoms with Gasteiger partial charge in [0.15, 0.2) is 0 Å². The Morgan fingerprint density at radius 3 is 2.64 bits per heavy atom. The highest BCUT2D eigenvalue weighted by atomic mass is 79.9. The van der Waals surface area contributed by atoms with Crippen molar-refractivity contribution in [1.82, 2.24) is 15.0 Å². The summed E-state index contributed by atoms with van der Waals surface area (Å²) in [6.45, 7) is 0. The van der Waals surface area contributed by atoms with E-state index in [9.17, 15) is 0 Å². The van der Waals surface area contributed by atoms with Crippen LogP contribution in [0.15, 0.2) is 51.4 Å². The molecule has 0 atom stereocenters. The maximum absolute atomic E-state index is 4.14. The molecule has 0 aliphatic rings. The minimum atomic E-state index is 0.795. The fraction of sp³-hybridized carbons (Fsp3) is 0. The third kappa shape index (κ3) is 2.52. The molecule has 14 heavy (non-hydrogen) atoms. The van der Waals surface area contributed by atoms with Crippen LogP contribution in [0.3, 0.4) is 0 Å². The second kappa shape index (κ2) is 4.52. The molecule has 70 valence electrons. The highest BCUT2D eigenvalue weighted by molar-refractivity contribution is 9.10. The molecule has 0 aromatic carbocycles. The van der Waals surface area contributed by atoms with Gasteiger partial charge in [0.05, 0.1) is 0 Å². The molecule has 2 aromatic heterocycles. The Hall–Kier alpha value is -0.940. The molecule has 2 heterocycles. The normalized spacial score (nSPS) is 10.1. The molecule has 2 aromatic rings. The summed E-state index contributed by atoms with van der Waals surface area (Å²) in [5, 5.41) is 0.915. The van der Waals surface area contributed by atoms with Gasteiger partial charge in [-0.25, -0.2) is 9.97 Å². The van der Waals surface area contributed by atoms with Crippen molar-refractivity contribution < 1.29 is 0 Å². The molecule has 2 rings (SSSR count). The topological polar surface area (TPSA) is 38.7 Å². The molecule has 0 spiro atoms. The van der Waals surface area contributed by atoms with E-state index in [1.165, 1.54) is 6.33 Å². The van der Waals surface area contributed by atoms with Gasteiger partial charge in [0.25, 0.3) is 0 Å². The second-order valence-corrected chi connectivity index (χ2v) is 4.37. The highest BCUT2D eigenvalue weighted by Gasteiger charge is 1.98. The molecular formula is C9H6BrN3S. The van der Waals surface area contributed by atoms with Crippen molar-refractivity contribution in [2.45, 2.75) is 9.92 Å². The zero-order valence-corrected chi connectivity index (χ0v) is 9.49. The number of aromatic nitrogens is 3. The summed E-state index contributed by atoms with van der Waals surface area (Å²) < 4.78 is 0.795.